The number of rotatable bonds is 3. The normalized spacial score (nSPS) is 21.5. The van der Waals surface area contributed by atoms with E-state index in [-0.39, 0.29) is 23.2 Å². The first-order chi connectivity index (χ1) is 9.42. The summed E-state index contributed by atoms with van der Waals surface area (Å²) in [6, 6.07) is 6.41. The van der Waals surface area contributed by atoms with Crippen molar-refractivity contribution in [3.05, 3.63) is 35.6 Å². The smallest absolute Gasteiger partial charge is 0.240 e. The van der Waals surface area contributed by atoms with E-state index >= 15 is 0 Å². The van der Waals surface area contributed by atoms with Crippen LogP contribution in [0.1, 0.15) is 32.3 Å². The molecule has 1 aliphatic rings. The molecule has 2 rings (SSSR count). The zero-order valence-electron chi connectivity index (χ0n) is 12.4. The summed E-state index contributed by atoms with van der Waals surface area (Å²) >= 11 is 0. The molecule has 1 aromatic carbocycles. The fraction of sp³-hybridized carbons (Fsp3) is 0.562. The Morgan fingerprint density at radius 3 is 2.80 bits per heavy atom. The molecule has 4 heteroatoms. The average molecular weight is 278 g/mol. The van der Waals surface area contributed by atoms with Gasteiger partial charge in [0.15, 0.2) is 0 Å². The molecule has 1 aromatic rings. The highest BCUT2D eigenvalue weighted by Crippen LogP contribution is 2.31. The van der Waals surface area contributed by atoms with Crippen molar-refractivity contribution in [1.29, 1.82) is 0 Å². The number of hydrogen-bond donors (Lipinski definition) is 1. The Hall–Kier alpha value is -1.42. The van der Waals surface area contributed by atoms with E-state index in [0.717, 1.165) is 19.4 Å². The summed E-state index contributed by atoms with van der Waals surface area (Å²) < 4.78 is 13.7. The highest BCUT2D eigenvalue weighted by Gasteiger charge is 2.38. The minimum atomic E-state index is -0.261. The van der Waals surface area contributed by atoms with Crippen LogP contribution < -0.4 is 5.32 Å². The van der Waals surface area contributed by atoms with Crippen molar-refractivity contribution < 1.29 is 9.18 Å². The van der Waals surface area contributed by atoms with Crippen LogP contribution >= 0.6 is 0 Å². The first kappa shape index (κ1) is 15.0. The van der Waals surface area contributed by atoms with Gasteiger partial charge in [-0.25, -0.2) is 4.39 Å². The SMILES string of the molecule is CN(Cc1ccccc1F)C(=O)C1NCCCC1(C)C. The minimum absolute atomic E-state index is 0.0398. The van der Waals surface area contributed by atoms with Crippen molar-refractivity contribution in [2.45, 2.75) is 39.3 Å². The Bertz CT molecular complexity index is 487. The van der Waals surface area contributed by atoms with Crippen LogP contribution in [0.5, 0.6) is 0 Å². The predicted molar refractivity (Wildman–Crippen MR) is 77.7 cm³/mol. The molecule has 0 saturated carbocycles. The molecule has 0 radical (unpaired) electrons. The van der Waals surface area contributed by atoms with Crippen molar-refractivity contribution in [3.63, 3.8) is 0 Å². The first-order valence-corrected chi connectivity index (χ1v) is 7.13. The summed E-state index contributed by atoms with van der Waals surface area (Å²) in [5.41, 5.74) is 0.496. The van der Waals surface area contributed by atoms with Crippen molar-refractivity contribution in [3.8, 4) is 0 Å². The molecule has 1 unspecified atom stereocenters. The Morgan fingerprint density at radius 2 is 2.15 bits per heavy atom. The van der Waals surface area contributed by atoms with Gasteiger partial charge >= 0.3 is 0 Å². The lowest BCUT2D eigenvalue weighted by atomic mass is 9.77. The van der Waals surface area contributed by atoms with Crippen LogP contribution in [0, 0.1) is 11.2 Å². The van der Waals surface area contributed by atoms with Crippen molar-refractivity contribution in [1.82, 2.24) is 10.2 Å². The quantitative estimate of drug-likeness (QED) is 0.921. The van der Waals surface area contributed by atoms with E-state index < -0.39 is 0 Å². The van der Waals surface area contributed by atoms with E-state index in [9.17, 15) is 9.18 Å². The van der Waals surface area contributed by atoms with Gasteiger partial charge in [0.1, 0.15) is 5.82 Å². The average Bonchev–Trinajstić information content (AvgIpc) is 2.40. The number of carbonyl (C=O) groups excluding carboxylic acids is 1. The molecule has 1 fully saturated rings. The number of halogens is 1. The summed E-state index contributed by atoms with van der Waals surface area (Å²) in [7, 11) is 1.74. The second kappa shape index (κ2) is 5.92. The fourth-order valence-electron chi connectivity index (χ4n) is 2.81. The van der Waals surface area contributed by atoms with Gasteiger partial charge in [-0.2, -0.15) is 0 Å². The maximum absolute atomic E-state index is 13.7. The molecule has 1 saturated heterocycles. The van der Waals surface area contributed by atoms with E-state index in [1.54, 1.807) is 30.1 Å². The van der Waals surface area contributed by atoms with E-state index in [0.29, 0.717) is 12.1 Å². The Morgan fingerprint density at radius 1 is 1.45 bits per heavy atom. The van der Waals surface area contributed by atoms with Gasteiger partial charge in [0.2, 0.25) is 5.91 Å². The molecule has 3 nitrogen and oxygen atoms in total. The maximum Gasteiger partial charge on any atom is 0.240 e. The Labute approximate surface area is 120 Å². The second-order valence-electron chi connectivity index (χ2n) is 6.26. The van der Waals surface area contributed by atoms with Gasteiger partial charge in [-0.3, -0.25) is 4.79 Å². The molecule has 1 heterocycles. The Balaban J connectivity index is 2.07. The number of piperidine rings is 1. The van der Waals surface area contributed by atoms with Crippen molar-refractivity contribution in [2.75, 3.05) is 13.6 Å². The molecule has 0 aliphatic carbocycles. The van der Waals surface area contributed by atoms with Gasteiger partial charge in [-0.05, 0) is 30.9 Å². The molecule has 0 bridgehead atoms. The second-order valence-corrected chi connectivity index (χ2v) is 6.26. The predicted octanol–water partition coefficient (Wildman–Crippen LogP) is 2.56. The van der Waals surface area contributed by atoms with E-state index in [2.05, 4.69) is 19.2 Å². The number of nitrogens with one attached hydrogen (secondary N) is 1. The zero-order chi connectivity index (χ0) is 14.8. The van der Waals surface area contributed by atoms with Gasteiger partial charge in [0, 0.05) is 19.2 Å². The topological polar surface area (TPSA) is 32.3 Å². The number of nitrogens with zero attached hydrogens (tertiary/aromatic N) is 1. The summed E-state index contributed by atoms with van der Waals surface area (Å²) in [6.07, 6.45) is 2.12. The van der Waals surface area contributed by atoms with Gasteiger partial charge in [0.25, 0.3) is 0 Å². The maximum atomic E-state index is 13.7. The third kappa shape index (κ3) is 3.18. The zero-order valence-corrected chi connectivity index (χ0v) is 12.4. The highest BCUT2D eigenvalue weighted by molar-refractivity contribution is 5.82. The summed E-state index contributed by atoms with van der Waals surface area (Å²) in [5.74, 6) is -0.221. The van der Waals surface area contributed by atoms with Crippen molar-refractivity contribution >= 4 is 5.91 Å². The van der Waals surface area contributed by atoms with Crippen LogP contribution in [-0.2, 0) is 11.3 Å². The molecule has 110 valence electrons. The Kier molecular flexibility index (Phi) is 4.43. The van der Waals surface area contributed by atoms with Crippen LogP contribution in [0.15, 0.2) is 24.3 Å². The molecular formula is C16H23FN2O. The lowest BCUT2D eigenvalue weighted by Crippen LogP contribution is -2.55. The van der Waals surface area contributed by atoms with Gasteiger partial charge in [-0.1, -0.05) is 32.0 Å². The highest BCUT2D eigenvalue weighted by atomic mass is 19.1. The summed E-state index contributed by atoms with van der Waals surface area (Å²) in [5, 5.41) is 3.31. The molecule has 0 spiro atoms. The number of likely N-dealkylation sites (N-methyl/N-ethyl adjacent to an activating group) is 1. The van der Waals surface area contributed by atoms with Crippen LogP contribution in [0.25, 0.3) is 0 Å². The third-order valence-electron chi connectivity index (χ3n) is 4.12. The lowest BCUT2D eigenvalue weighted by molar-refractivity contribution is -0.136. The number of amides is 1. The standard InChI is InChI=1S/C16H23FN2O/c1-16(2)9-6-10-18-14(16)15(20)19(3)11-12-7-4-5-8-13(12)17/h4-5,7-8,14,18H,6,9-11H2,1-3H3. The number of carbonyl (C=O) groups is 1. The van der Waals surface area contributed by atoms with E-state index in [1.165, 1.54) is 6.07 Å². The monoisotopic (exact) mass is 278 g/mol. The third-order valence-corrected chi connectivity index (χ3v) is 4.12. The molecule has 1 atom stereocenters. The summed E-state index contributed by atoms with van der Waals surface area (Å²) in [4.78, 5) is 14.2. The molecular weight excluding hydrogens is 255 g/mol. The van der Waals surface area contributed by atoms with Gasteiger partial charge < -0.3 is 10.2 Å². The number of benzene rings is 1. The first-order valence-electron chi connectivity index (χ1n) is 7.13. The molecule has 0 aromatic heterocycles. The van der Waals surface area contributed by atoms with Gasteiger partial charge in [-0.15, -0.1) is 0 Å². The molecule has 1 aliphatic heterocycles. The summed E-state index contributed by atoms with van der Waals surface area (Å²) in [6.45, 7) is 5.39. The number of hydrogen-bond acceptors (Lipinski definition) is 2. The van der Waals surface area contributed by atoms with Crippen LogP contribution in [0.3, 0.4) is 0 Å². The molecule has 20 heavy (non-hydrogen) atoms. The van der Waals surface area contributed by atoms with Crippen LogP contribution in [-0.4, -0.2) is 30.4 Å². The van der Waals surface area contributed by atoms with Gasteiger partial charge in [0.05, 0.1) is 6.04 Å². The van der Waals surface area contributed by atoms with E-state index in [1.807, 2.05) is 0 Å². The molecule has 1 N–H and O–H groups in total. The lowest BCUT2D eigenvalue weighted by Gasteiger charge is -2.40. The largest absolute Gasteiger partial charge is 0.340 e. The minimum Gasteiger partial charge on any atom is -0.340 e. The van der Waals surface area contributed by atoms with Crippen molar-refractivity contribution in [2.24, 2.45) is 5.41 Å². The van der Waals surface area contributed by atoms with Crippen LogP contribution in [0.4, 0.5) is 4.39 Å². The molecule has 1 amide bonds. The fourth-order valence-corrected chi connectivity index (χ4v) is 2.81. The van der Waals surface area contributed by atoms with Crippen LogP contribution in [0.2, 0.25) is 0 Å². The van der Waals surface area contributed by atoms with E-state index in [4.69, 9.17) is 0 Å².